The topological polar surface area (TPSA) is 131 Å². The Labute approximate surface area is 234 Å². The van der Waals surface area contributed by atoms with E-state index in [0.717, 1.165) is 5.56 Å². The lowest BCUT2D eigenvalue weighted by molar-refractivity contribution is -0.384. The molecular formula is C30H25N5O6. The Kier molecular flexibility index (Phi) is 7.68. The first-order chi connectivity index (χ1) is 19.8. The van der Waals surface area contributed by atoms with Gasteiger partial charge in [0.05, 0.1) is 36.0 Å². The van der Waals surface area contributed by atoms with Crippen LogP contribution in [0.2, 0.25) is 0 Å². The zero-order valence-corrected chi connectivity index (χ0v) is 22.3. The predicted molar refractivity (Wildman–Crippen MR) is 150 cm³/mol. The number of aromatic nitrogens is 4. The van der Waals surface area contributed by atoms with Gasteiger partial charge in [0.2, 0.25) is 0 Å². The summed E-state index contributed by atoms with van der Waals surface area (Å²) in [6.45, 7) is 2.19. The van der Waals surface area contributed by atoms with E-state index in [2.05, 4.69) is 10.3 Å². The van der Waals surface area contributed by atoms with Crippen molar-refractivity contribution < 1.29 is 19.2 Å². The molecule has 0 aliphatic heterocycles. The third-order valence-electron chi connectivity index (χ3n) is 6.41. The molecule has 0 spiro atoms. The number of para-hydroxylation sites is 1. The first kappa shape index (κ1) is 27.0. The number of pyridine rings is 1. The molecule has 11 nitrogen and oxygen atoms in total. The number of ketones is 1. The largest absolute Gasteiger partial charge is 0.497 e. The molecule has 0 fully saturated rings. The summed E-state index contributed by atoms with van der Waals surface area (Å²) in [7, 11) is 1.51. The van der Waals surface area contributed by atoms with E-state index in [4.69, 9.17) is 9.47 Å². The predicted octanol–water partition coefficient (Wildman–Crippen LogP) is 4.51. The molecule has 0 aliphatic carbocycles. The third kappa shape index (κ3) is 6.04. The summed E-state index contributed by atoms with van der Waals surface area (Å²) in [6.07, 6.45) is 3.19. The molecule has 5 rings (SSSR count). The first-order valence-electron chi connectivity index (χ1n) is 12.6. The van der Waals surface area contributed by atoms with Crippen molar-refractivity contribution in [3.8, 4) is 17.2 Å². The van der Waals surface area contributed by atoms with Crippen LogP contribution in [0.5, 0.6) is 11.5 Å². The number of rotatable bonds is 10. The standard InChI is InChI=1S/C30H25N5O6/c1-20-6-3-4-9-27(20)34-17-22(10-13-29(34)36)30(37)26-12-11-25(40-2)15-28(26)41-19-23-18-33(32-31-23)16-21-7-5-8-24(14-21)35(38)39/h3-15,17-18H,16,19H2,1-2H3. The van der Waals surface area contributed by atoms with Crippen LogP contribution in [0.25, 0.3) is 5.69 Å². The van der Waals surface area contributed by atoms with E-state index in [0.29, 0.717) is 28.3 Å². The van der Waals surface area contributed by atoms with Crippen LogP contribution in [0, 0.1) is 17.0 Å². The fourth-order valence-corrected chi connectivity index (χ4v) is 4.32. The molecule has 2 heterocycles. The van der Waals surface area contributed by atoms with Gasteiger partial charge in [0, 0.05) is 36.0 Å². The number of nitro groups is 1. The Morgan fingerprint density at radius 1 is 1.00 bits per heavy atom. The SMILES string of the molecule is COc1ccc(C(=O)c2ccc(=O)n(-c3ccccc3C)c2)c(OCc2cn(Cc3cccc([N+](=O)[O-])c3)nn2)c1. The molecule has 2 aromatic heterocycles. The highest BCUT2D eigenvalue weighted by Gasteiger charge is 2.18. The molecule has 0 radical (unpaired) electrons. The van der Waals surface area contributed by atoms with Crippen molar-refractivity contribution in [3.05, 3.63) is 140 Å². The number of aryl methyl sites for hydroxylation is 1. The molecule has 11 heteroatoms. The summed E-state index contributed by atoms with van der Waals surface area (Å²) >= 11 is 0. The number of nitrogens with zero attached hydrogens (tertiary/aromatic N) is 5. The van der Waals surface area contributed by atoms with Crippen LogP contribution in [0.4, 0.5) is 5.69 Å². The molecule has 0 aliphatic rings. The number of nitro benzene ring substituents is 1. The molecular weight excluding hydrogens is 526 g/mol. The van der Waals surface area contributed by atoms with Crippen molar-refractivity contribution in [1.82, 2.24) is 19.6 Å². The lowest BCUT2D eigenvalue weighted by atomic mass is 10.0. The monoisotopic (exact) mass is 551 g/mol. The highest BCUT2D eigenvalue weighted by Crippen LogP contribution is 2.28. The minimum Gasteiger partial charge on any atom is -0.497 e. The summed E-state index contributed by atoms with van der Waals surface area (Å²) in [6, 6.07) is 21.4. The molecule has 0 bridgehead atoms. The van der Waals surface area contributed by atoms with Gasteiger partial charge in [-0.3, -0.25) is 24.3 Å². The zero-order chi connectivity index (χ0) is 28.9. The van der Waals surface area contributed by atoms with Crippen LogP contribution < -0.4 is 15.0 Å². The second kappa shape index (κ2) is 11.7. The number of ether oxygens (including phenoxy) is 2. The quantitative estimate of drug-likeness (QED) is 0.141. The maximum atomic E-state index is 13.6. The van der Waals surface area contributed by atoms with E-state index in [1.807, 2.05) is 31.2 Å². The van der Waals surface area contributed by atoms with Gasteiger partial charge in [-0.05, 0) is 42.3 Å². The van der Waals surface area contributed by atoms with Gasteiger partial charge in [-0.25, -0.2) is 4.68 Å². The molecule has 0 saturated heterocycles. The lowest BCUT2D eigenvalue weighted by Gasteiger charge is -2.13. The van der Waals surface area contributed by atoms with Crippen molar-refractivity contribution in [2.24, 2.45) is 0 Å². The number of methoxy groups -OCH3 is 1. The van der Waals surface area contributed by atoms with Gasteiger partial charge in [0.1, 0.15) is 23.8 Å². The van der Waals surface area contributed by atoms with Gasteiger partial charge in [-0.2, -0.15) is 0 Å². The second-order valence-electron chi connectivity index (χ2n) is 9.23. The molecule has 41 heavy (non-hydrogen) atoms. The maximum Gasteiger partial charge on any atom is 0.269 e. The van der Waals surface area contributed by atoms with Crippen molar-refractivity contribution in [2.75, 3.05) is 7.11 Å². The molecule has 0 atom stereocenters. The van der Waals surface area contributed by atoms with Crippen LogP contribution in [0.1, 0.15) is 32.7 Å². The average molecular weight is 552 g/mol. The molecule has 206 valence electrons. The summed E-state index contributed by atoms with van der Waals surface area (Å²) in [5.41, 5.74) is 3.10. The normalized spacial score (nSPS) is 10.8. The third-order valence-corrected chi connectivity index (χ3v) is 6.41. The molecule has 0 amide bonds. The number of hydrogen-bond acceptors (Lipinski definition) is 8. The fraction of sp³-hybridized carbons (Fsp3) is 0.133. The molecule has 0 N–H and O–H groups in total. The summed E-state index contributed by atoms with van der Waals surface area (Å²) < 4.78 is 14.3. The van der Waals surface area contributed by atoms with Gasteiger partial charge in [0.25, 0.3) is 11.2 Å². The van der Waals surface area contributed by atoms with E-state index in [9.17, 15) is 19.7 Å². The lowest BCUT2D eigenvalue weighted by Crippen LogP contribution is -2.19. The zero-order valence-electron chi connectivity index (χ0n) is 22.3. The summed E-state index contributed by atoms with van der Waals surface area (Å²) in [5, 5.41) is 19.3. The van der Waals surface area contributed by atoms with E-state index in [-0.39, 0.29) is 41.5 Å². The maximum absolute atomic E-state index is 13.6. The smallest absolute Gasteiger partial charge is 0.269 e. The van der Waals surface area contributed by atoms with Crippen LogP contribution in [0.15, 0.2) is 96.1 Å². The van der Waals surface area contributed by atoms with Gasteiger partial charge >= 0.3 is 0 Å². The van der Waals surface area contributed by atoms with Crippen LogP contribution >= 0.6 is 0 Å². The number of carbonyl (C=O) groups is 1. The summed E-state index contributed by atoms with van der Waals surface area (Å²) in [5.74, 6) is 0.436. The summed E-state index contributed by atoms with van der Waals surface area (Å²) in [4.78, 5) is 36.9. The highest BCUT2D eigenvalue weighted by atomic mass is 16.6. The van der Waals surface area contributed by atoms with E-state index >= 15 is 0 Å². The van der Waals surface area contributed by atoms with Crippen LogP contribution in [-0.4, -0.2) is 37.4 Å². The van der Waals surface area contributed by atoms with Gasteiger partial charge in [-0.15, -0.1) is 5.10 Å². The van der Waals surface area contributed by atoms with Gasteiger partial charge < -0.3 is 9.47 Å². The Morgan fingerprint density at radius 3 is 2.61 bits per heavy atom. The van der Waals surface area contributed by atoms with E-state index in [1.54, 1.807) is 41.2 Å². The number of non-ortho nitro benzene ring substituents is 1. The Hall–Kier alpha value is -5.58. The minimum absolute atomic E-state index is 0.00397. The van der Waals surface area contributed by atoms with Crippen molar-refractivity contribution in [1.29, 1.82) is 0 Å². The Morgan fingerprint density at radius 2 is 1.83 bits per heavy atom. The van der Waals surface area contributed by atoms with Crippen LogP contribution in [0.3, 0.4) is 0 Å². The second-order valence-corrected chi connectivity index (χ2v) is 9.23. The minimum atomic E-state index is -0.450. The van der Waals surface area contributed by atoms with Crippen molar-refractivity contribution in [2.45, 2.75) is 20.1 Å². The molecule has 0 saturated carbocycles. The number of benzene rings is 3. The molecule has 0 unspecified atom stereocenters. The van der Waals surface area contributed by atoms with Crippen molar-refractivity contribution >= 4 is 11.5 Å². The Balaban J connectivity index is 1.37. The van der Waals surface area contributed by atoms with Gasteiger partial charge in [-0.1, -0.05) is 35.5 Å². The number of hydrogen-bond donors (Lipinski definition) is 0. The van der Waals surface area contributed by atoms with Crippen LogP contribution in [-0.2, 0) is 13.2 Å². The number of carbonyl (C=O) groups excluding carboxylic acids is 1. The fourth-order valence-electron chi connectivity index (χ4n) is 4.32. The van der Waals surface area contributed by atoms with Gasteiger partial charge in [0.15, 0.2) is 5.78 Å². The molecule has 3 aromatic carbocycles. The van der Waals surface area contributed by atoms with Crippen molar-refractivity contribution in [3.63, 3.8) is 0 Å². The highest BCUT2D eigenvalue weighted by molar-refractivity contribution is 6.10. The average Bonchev–Trinajstić information content (AvgIpc) is 3.43. The van der Waals surface area contributed by atoms with E-state index in [1.165, 1.54) is 42.1 Å². The molecule has 5 aromatic rings. The first-order valence-corrected chi connectivity index (χ1v) is 12.6. The Bertz CT molecular complexity index is 1810. The van der Waals surface area contributed by atoms with E-state index < -0.39 is 4.92 Å².